The lowest BCUT2D eigenvalue weighted by atomic mass is 9.76. The fourth-order valence-corrected chi connectivity index (χ4v) is 3.99. The summed E-state index contributed by atoms with van der Waals surface area (Å²) in [5, 5.41) is 8.92. The number of carboxylic acid groups (broad SMARTS) is 1. The second-order valence-corrected chi connectivity index (χ2v) is 6.38. The number of ketones is 1. The number of nitrogens with zero attached hydrogens (tertiary/aromatic N) is 2. The van der Waals surface area contributed by atoms with E-state index in [9.17, 15) is 9.59 Å². The van der Waals surface area contributed by atoms with Gasteiger partial charge in [-0.2, -0.15) is 0 Å². The lowest BCUT2D eigenvalue weighted by molar-refractivity contribution is 0.0622. The third-order valence-corrected chi connectivity index (χ3v) is 5.06. The van der Waals surface area contributed by atoms with Gasteiger partial charge in [0.05, 0.1) is 10.6 Å². The SMILES string of the molecule is O=C(O)N1CCC2(CC1)Cc1nc(Cl)sc1C2=O. The first kappa shape index (κ1) is 11.9. The average molecular weight is 287 g/mol. The number of fused-ring (bicyclic) bond motifs is 1. The van der Waals surface area contributed by atoms with Crippen molar-refractivity contribution in [1.29, 1.82) is 0 Å². The Kier molecular flexibility index (Phi) is 2.60. The van der Waals surface area contributed by atoms with Gasteiger partial charge in [0.2, 0.25) is 0 Å². The summed E-state index contributed by atoms with van der Waals surface area (Å²) in [5.41, 5.74) is 0.365. The molecule has 1 aromatic heterocycles. The maximum atomic E-state index is 12.4. The second-order valence-electron chi connectivity index (χ2n) is 4.80. The Morgan fingerprint density at radius 2 is 2.11 bits per heavy atom. The first-order chi connectivity index (χ1) is 8.52. The van der Waals surface area contributed by atoms with Crippen LogP contribution in [0.3, 0.4) is 0 Å². The van der Waals surface area contributed by atoms with Gasteiger partial charge in [0.15, 0.2) is 10.3 Å². The minimum atomic E-state index is -0.911. The maximum absolute atomic E-state index is 12.4. The maximum Gasteiger partial charge on any atom is 0.407 e. The molecule has 0 bridgehead atoms. The third-order valence-electron chi connectivity index (χ3n) is 3.86. The molecule has 0 aromatic carbocycles. The minimum absolute atomic E-state index is 0.104. The van der Waals surface area contributed by atoms with E-state index in [1.807, 2.05) is 0 Å². The Labute approximate surface area is 112 Å². The molecule has 1 aliphatic carbocycles. The van der Waals surface area contributed by atoms with Crippen molar-refractivity contribution < 1.29 is 14.7 Å². The van der Waals surface area contributed by atoms with Gasteiger partial charge >= 0.3 is 6.09 Å². The molecule has 1 amide bonds. The van der Waals surface area contributed by atoms with Gasteiger partial charge in [-0.3, -0.25) is 4.79 Å². The second kappa shape index (κ2) is 3.93. The van der Waals surface area contributed by atoms with Crippen molar-refractivity contribution in [3.63, 3.8) is 0 Å². The molecular weight excluding hydrogens is 276 g/mol. The molecule has 1 saturated heterocycles. The Balaban J connectivity index is 1.82. The van der Waals surface area contributed by atoms with Gasteiger partial charge in [0, 0.05) is 24.9 Å². The molecule has 1 aliphatic heterocycles. The van der Waals surface area contributed by atoms with E-state index in [4.69, 9.17) is 16.7 Å². The van der Waals surface area contributed by atoms with Gasteiger partial charge in [-0.05, 0) is 12.8 Å². The van der Waals surface area contributed by atoms with Crippen LogP contribution in [-0.2, 0) is 6.42 Å². The summed E-state index contributed by atoms with van der Waals surface area (Å²) < 4.78 is 0.408. The highest BCUT2D eigenvalue weighted by Gasteiger charge is 2.49. The molecule has 2 heterocycles. The molecule has 1 aromatic rings. The van der Waals surface area contributed by atoms with Crippen molar-refractivity contribution in [3.8, 4) is 0 Å². The third kappa shape index (κ3) is 1.63. The van der Waals surface area contributed by atoms with Crippen LogP contribution in [0.1, 0.15) is 28.2 Å². The van der Waals surface area contributed by atoms with E-state index >= 15 is 0 Å². The molecule has 96 valence electrons. The van der Waals surface area contributed by atoms with Crippen molar-refractivity contribution in [2.75, 3.05) is 13.1 Å². The molecule has 0 saturated carbocycles. The molecule has 0 radical (unpaired) electrons. The molecule has 18 heavy (non-hydrogen) atoms. The predicted octanol–water partition coefficient (Wildman–Crippen LogP) is 2.30. The molecule has 1 spiro atoms. The summed E-state index contributed by atoms with van der Waals surface area (Å²) in [4.78, 5) is 29.5. The van der Waals surface area contributed by atoms with Gasteiger partial charge in [0.25, 0.3) is 0 Å². The van der Waals surface area contributed by atoms with E-state index in [1.54, 1.807) is 0 Å². The van der Waals surface area contributed by atoms with Crippen molar-refractivity contribution in [2.24, 2.45) is 5.41 Å². The Hall–Kier alpha value is -1.14. The Bertz CT molecular complexity index is 534. The van der Waals surface area contributed by atoms with E-state index in [0.29, 0.717) is 41.7 Å². The molecular formula is C11H11ClN2O3S. The number of carbonyl (C=O) groups is 2. The Morgan fingerprint density at radius 1 is 1.44 bits per heavy atom. The van der Waals surface area contributed by atoms with E-state index in [1.165, 1.54) is 16.2 Å². The molecule has 1 N–H and O–H groups in total. The molecule has 1 fully saturated rings. The number of amides is 1. The van der Waals surface area contributed by atoms with Gasteiger partial charge in [-0.1, -0.05) is 22.9 Å². The normalized spacial score (nSPS) is 21.4. The lowest BCUT2D eigenvalue weighted by Crippen LogP contribution is -2.45. The van der Waals surface area contributed by atoms with Crippen LogP contribution in [-0.4, -0.2) is 40.0 Å². The molecule has 5 nitrogen and oxygen atoms in total. The number of rotatable bonds is 0. The van der Waals surface area contributed by atoms with Crippen LogP contribution in [0.4, 0.5) is 4.79 Å². The number of hydrogen-bond donors (Lipinski definition) is 1. The van der Waals surface area contributed by atoms with Gasteiger partial charge in [-0.25, -0.2) is 9.78 Å². The van der Waals surface area contributed by atoms with Crippen molar-refractivity contribution >= 4 is 34.8 Å². The highest BCUT2D eigenvalue weighted by molar-refractivity contribution is 7.17. The van der Waals surface area contributed by atoms with Crippen molar-refractivity contribution in [3.05, 3.63) is 15.0 Å². The molecule has 2 aliphatic rings. The van der Waals surface area contributed by atoms with E-state index < -0.39 is 11.5 Å². The molecule has 7 heteroatoms. The van der Waals surface area contributed by atoms with Gasteiger partial charge in [-0.15, -0.1) is 0 Å². The zero-order chi connectivity index (χ0) is 12.9. The summed E-state index contributed by atoms with van der Waals surface area (Å²) in [6.45, 7) is 0.841. The van der Waals surface area contributed by atoms with E-state index in [2.05, 4.69) is 4.98 Å². The Morgan fingerprint density at radius 3 is 2.67 bits per heavy atom. The van der Waals surface area contributed by atoms with Crippen molar-refractivity contribution in [2.45, 2.75) is 19.3 Å². The number of thiazole rings is 1. The molecule has 0 unspecified atom stereocenters. The van der Waals surface area contributed by atoms with Gasteiger partial charge < -0.3 is 10.0 Å². The first-order valence-corrected chi connectivity index (χ1v) is 6.89. The quantitative estimate of drug-likeness (QED) is 0.794. The monoisotopic (exact) mass is 286 g/mol. The van der Waals surface area contributed by atoms with Crippen LogP contribution in [0.25, 0.3) is 0 Å². The summed E-state index contributed by atoms with van der Waals surface area (Å²) >= 11 is 7.04. The standard InChI is InChI=1S/C11H11ClN2O3S/c12-9-13-6-5-11(8(15)7(6)18-9)1-3-14(4-2-11)10(16)17/h1-5H2,(H,16,17). The smallest absolute Gasteiger partial charge is 0.407 e. The summed E-state index contributed by atoms with van der Waals surface area (Å²) in [7, 11) is 0. The van der Waals surface area contributed by atoms with E-state index in [0.717, 1.165) is 5.69 Å². The molecule has 3 rings (SSSR count). The lowest BCUT2D eigenvalue weighted by Gasteiger charge is -2.36. The number of piperidine rings is 1. The number of likely N-dealkylation sites (tertiary alicyclic amines) is 1. The van der Waals surface area contributed by atoms with Crippen LogP contribution in [0.2, 0.25) is 4.47 Å². The van der Waals surface area contributed by atoms with E-state index in [-0.39, 0.29) is 5.78 Å². The minimum Gasteiger partial charge on any atom is -0.465 e. The summed E-state index contributed by atoms with van der Waals surface area (Å²) in [6.07, 6.45) is 0.862. The topological polar surface area (TPSA) is 70.5 Å². The summed E-state index contributed by atoms with van der Waals surface area (Å²) in [5.74, 6) is 0.104. The fourth-order valence-electron chi connectivity index (χ4n) is 2.79. The van der Waals surface area contributed by atoms with Gasteiger partial charge in [0.1, 0.15) is 0 Å². The zero-order valence-corrected chi connectivity index (χ0v) is 11.1. The highest BCUT2D eigenvalue weighted by atomic mass is 35.5. The largest absolute Gasteiger partial charge is 0.465 e. The van der Waals surface area contributed by atoms with Crippen LogP contribution < -0.4 is 0 Å². The molecule has 0 atom stereocenters. The summed E-state index contributed by atoms with van der Waals surface area (Å²) in [6, 6.07) is 0. The first-order valence-electron chi connectivity index (χ1n) is 5.70. The number of carbonyl (C=O) groups excluding carboxylic acids is 1. The average Bonchev–Trinajstić information content (AvgIpc) is 2.78. The predicted molar refractivity (Wildman–Crippen MR) is 66.4 cm³/mol. The highest BCUT2D eigenvalue weighted by Crippen LogP contribution is 2.46. The van der Waals surface area contributed by atoms with Crippen LogP contribution >= 0.6 is 22.9 Å². The number of Topliss-reactive ketones (excluding diaryl/α,β-unsaturated/α-hetero) is 1. The number of aromatic nitrogens is 1. The van der Waals surface area contributed by atoms with Crippen molar-refractivity contribution in [1.82, 2.24) is 9.88 Å². The van der Waals surface area contributed by atoms with Crippen LogP contribution in [0.15, 0.2) is 0 Å². The zero-order valence-electron chi connectivity index (χ0n) is 9.48. The fraction of sp³-hybridized carbons (Fsp3) is 0.545. The van der Waals surface area contributed by atoms with Crippen LogP contribution in [0.5, 0.6) is 0 Å². The number of halogens is 1. The van der Waals surface area contributed by atoms with Crippen LogP contribution in [0, 0.1) is 5.41 Å². The number of hydrogen-bond acceptors (Lipinski definition) is 4.